The van der Waals surface area contributed by atoms with Crippen LogP contribution in [0.4, 0.5) is 9.59 Å². The molecule has 1 rings (SSSR count). The number of rotatable bonds is 7. The molecule has 8 heteroatoms. The third-order valence-electron chi connectivity index (χ3n) is 3.14. The van der Waals surface area contributed by atoms with Crippen LogP contribution in [-0.2, 0) is 30.3 Å². The minimum Gasteiger partial charge on any atom is -0.497 e. The average molecular weight is 421 g/mol. The standard InChI is InChI=1S/C22H31NO7/c1-21(2,3)29-19(25)23(20(26)30-22(4,5)6)15-18(24)28-14-10-13-27-16-17-11-8-7-9-12-17/h7-13H,14-16H2,1-6H3/b13-10+. The third kappa shape index (κ3) is 11.1. The Kier molecular flexibility index (Phi) is 9.36. The Labute approximate surface area is 177 Å². The first kappa shape index (κ1) is 25.0. The van der Waals surface area contributed by atoms with Gasteiger partial charge in [-0.2, -0.15) is 0 Å². The summed E-state index contributed by atoms with van der Waals surface area (Å²) in [7, 11) is 0. The minimum atomic E-state index is -0.990. The van der Waals surface area contributed by atoms with Gasteiger partial charge in [0, 0.05) is 0 Å². The van der Waals surface area contributed by atoms with Gasteiger partial charge in [0.15, 0.2) is 0 Å². The Balaban J connectivity index is 2.56. The van der Waals surface area contributed by atoms with Crippen LogP contribution in [0, 0.1) is 0 Å². The molecule has 8 nitrogen and oxygen atoms in total. The van der Waals surface area contributed by atoms with Crippen LogP contribution in [0.5, 0.6) is 0 Å². The molecule has 0 radical (unpaired) electrons. The lowest BCUT2D eigenvalue weighted by molar-refractivity contribution is -0.143. The first-order valence-electron chi connectivity index (χ1n) is 9.57. The second-order valence-electron chi connectivity index (χ2n) is 8.40. The minimum absolute atomic E-state index is 0.0793. The molecule has 0 saturated heterocycles. The molecule has 0 unspecified atom stereocenters. The predicted octanol–water partition coefficient (Wildman–Crippen LogP) is 4.43. The molecule has 0 spiro atoms. The van der Waals surface area contributed by atoms with Gasteiger partial charge in [0.1, 0.15) is 31.0 Å². The van der Waals surface area contributed by atoms with Crippen LogP contribution in [0.3, 0.4) is 0 Å². The number of hydrogen-bond acceptors (Lipinski definition) is 7. The number of amides is 2. The third-order valence-corrected chi connectivity index (χ3v) is 3.14. The van der Waals surface area contributed by atoms with Crippen molar-refractivity contribution in [1.82, 2.24) is 4.90 Å². The maximum Gasteiger partial charge on any atom is 0.420 e. The van der Waals surface area contributed by atoms with Gasteiger partial charge < -0.3 is 18.9 Å². The van der Waals surface area contributed by atoms with Crippen LogP contribution in [-0.4, -0.2) is 47.4 Å². The van der Waals surface area contributed by atoms with E-state index in [0.717, 1.165) is 5.56 Å². The SMILES string of the molecule is CC(C)(C)OC(=O)N(CC(=O)OC/C=C/OCc1ccccc1)C(=O)OC(C)(C)C. The van der Waals surface area contributed by atoms with Crippen LogP contribution in [0.25, 0.3) is 0 Å². The zero-order valence-corrected chi connectivity index (χ0v) is 18.5. The Hall–Kier alpha value is -3.03. The largest absolute Gasteiger partial charge is 0.497 e. The van der Waals surface area contributed by atoms with Crippen molar-refractivity contribution in [2.45, 2.75) is 59.4 Å². The van der Waals surface area contributed by atoms with Crippen molar-refractivity contribution in [3.8, 4) is 0 Å². The van der Waals surface area contributed by atoms with Crippen molar-refractivity contribution in [2.75, 3.05) is 13.2 Å². The van der Waals surface area contributed by atoms with Gasteiger partial charge in [-0.05, 0) is 53.2 Å². The summed E-state index contributed by atoms with van der Waals surface area (Å²) in [6.45, 7) is 9.57. The van der Waals surface area contributed by atoms with E-state index >= 15 is 0 Å². The van der Waals surface area contributed by atoms with E-state index in [9.17, 15) is 14.4 Å². The fourth-order valence-corrected chi connectivity index (χ4v) is 1.98. The van der Waals surface area contributed by atoms with E-state index in [-0.39, 0.29) is 6.61 Å². The zero-order chi connectivity index (χ0) is 22.8. The van der Waals surface area contributed by atoms with Gasteiger partial charge in [-0.15, -0.1) is 0 Å². The van der Waals surface area contributed by atoms with Crippen LogP contribution in [0.15, 0.2) is 42.7 Å². The predicted molar refractivity (Wildman–Crippen MR) is 111 cm³/mol. The molecule has 2 amide bonds. The molecule has 0 bridgehead atoms. The summed E-state index contributed by atoms with van der Waals surface area (Å²) < 4.78 is 20.7. The molecule has 0 saturated carbocycles. The van der Waals surface area contributed by atoms with Gasteiger partial charge in [0.2, 0.25) is 0 Å². The monoisotopic (exact) mass is 421 g/mol. The van der Waals surface area contributed by atoms with Gasteiger partial charge in [-0.1, -0.05) is 30.3 Å². The molecule has 1 aromatic carbocycles. The first-order chi connectivity index (χ1) is 13.9. The van der Waals surface area contributed by atoms with Gasteiger partial charge in [-0.25, -0.2) is 14.5 Å². The number of carbonyl (C=O) groups excluding carboxylic acids is 3. The quantitative estimate of drug-likeness (QED) is 0.365. The van der Waals surface area contributed by atoms with Crippen molar-refractivity contribution in [3.63, 3.8) is 0 Å². The molecule has 0 aliphatic rings. The fourth-order valence-electron chi connectivity index (χ4n) is 1.98. The summed E-state index contributed by atoms with van der Waals surface area (Å²) in [5.41, 5.74) is -0.690. The Bertz CT molecular complexity index is 702. The molecule has 0 heterocycles. The molecular weight excluding hydrogens is 390 g/mol. The number of carbonyl (C=O) groups is 3. The summed E-state index contributed by atoms with van der Waals surface area (Å²) in [6, 6.07) is 9.58. The zero-order valence-electron chi connectivity index (χ0n) is 18.5. The average Bonchev–Trinajstić information content (AvgIpc) is 2.60. The Morgan fingerprint density at radius 3 is 1.93 bits per heavy atom. The van der Waals surface area contributed by atoms with E-state index < -0.39 is 35.9 Å². The molecule has 0 atom stereocenters. The van der Waals surface area contributed by atoms with Crippen LogP contribution < -0.4 is 0 Å². The van der Waals surface area contributed by atoms with Gasteiger partial charge in [0.05, 0.1) is 6.26 Å². The second-order valence-corrected chi connectivity index (χ2v) is 8.40. The smallest absolute Gasteiger partial charge is 0.420 e. The summed E-state index contributed by atoms with van der Waals surface area (Å²) in [5.74, 6) is -0.792. The van der Waals surface area contributed by atoms with Crippen molar-refractivity contribution in [3.05, 3.63) is 48.2 Å². The topological polar surface area (TPSA) is 91.4 Å². The van der Waals surface area contributed by atoms with Crippen LogP contribution >= 0.6 is 0 Å². The molecule has 0 aliphatic heterocycles. The number of ether oxygens (including phenoxy) is 4. The van der Waals surface area contributed by atoms with Crippen molar-refractivity contribution in [2.24, 2.45) is 0 Å². The number of nitrogens with zero attached hydrogens (tertiary/aromatic N) is 1. The van der Waals surface area contributed by atoms with E-state index in [2.05, 4.69) is 0 Å². The van der Waals surface area contributed by atoms with E-state index in [4.69, 9.17) is 18.9 Å². The van der Waals surface area contributed by atoms with E-state index in [1.165, 1.54) is 12.3 Å². The van der Waals surface area contributed by atoms with Gasteiger partial charge in [-0.3, -0.25) is 4.79 Å². The fraction of sp³-hybridized carbons (Fsp3) is 0.500. The highest BCUT2D eigenvalue weighted by Gasteiger charge is 2.33. The highest BCUT2D eigenvalue weighted by atomic mass is 16.6. The second kappa shape index (κ2) is 11.2. The van der Waals surface area contributed by atoms with Gasteiger partial charge in [0.25, 0.3) is 0 Å². The van der Waals surface area contributed by atoms with Crippen molar-refractivity contribution in [1.29, 1.82) is 0 Å². The summed E-state index contributed by atoms with van der Waals surface area (Å²) in [4.78, 5) is 37.3. The normalized spacial score (nSPS) is 11.7. The lowest BCUT2D eigenvalue weighted by Gasteiger charge is -2.28. The maximum absolute atomic E-state index is 12.3. The molecule has 0 N–H and O–H groups in total. The number of imide groups is 1. The van der Waals surface area contributed by atoms with E-state index in [0.29, 0.717) is 11.5 Å². The molecular formula is C22H31NO7. The molecule has 0 aromatic heterocycles. The first-order valence-corrected chi connectivity index (χ1v) is 9.57. The molecule has 0 aliphatic carbocycles. The van der Waals surface area contributed by atoms with Crippen LogP contribution in [0.1, 0.15) is 47.1 Å². The maximum atomic E-state index is 12.3. The van der Waals surface area contributed by atoms with E-state index in [1.54, 1.807) is 41.5 Å². The van der Waals surface area contributed by atoms with Gasteiger partial charge >= 0.3 is 18.2 Å². The molecule has 30 heavy (non-hydrogen) atoms. The van der Waals surface area contributed by atoms with Crippen molar-refractivity contribution >= 4 is 18.2 Å². The lowest BCUT2D eigenvalue weighted by Crippen LogP contribution is -2.46. The molecule has 1 aromatic rings. The Morgan fingerprint density at radius 1 is 0.900 bits per heavy atom. The molecule has 166 valence electrons. The lowest BCUT2D eigenvalue weighted by atomic mass is 10.2. The summed E-state index contributed by atoms with van der Waals surface area (Å²) in [6.07, 6.45) is 0.942. The summed E-state index contributed by atoms with van der Waals surface area (Å²) in [5, 5.41) is 0. The number of hydrogen-bond donors (Lipinski definition) is 0. The van der Waals surface area contributed by atoms with Crippen LogP contribution in [0.2, 0.25) is 0 Å². The highest BCUT2D eigenvalue weighted by Crippen LogP contribution is 2.14. The summed E-state index contributed by atoms with van der Waals surface area (Å²) >= 11 is 0. The molecule has 0 fully saturated rings. The van der Waals surface area contributed by atoms with Crippen molar-refractivity contribution < 1.29 is 33.3 Å². The number of benzene rings is 1. The Morgan fingerprint density at radius 2 is 1.43 bits per heavy atom. The van der Waals surface area contributed by atoms with E-state index in [1.807, 2.05) is 30.3 Å². The highest BCUT2D eigenvalue weighted by molar-refractivity contribution is 5.92. The number of esters is 1.